The summed E-state index contributed by atoms with van der Waals surface area (Å²) in [6.45, 7) is 10.5. The quantitative estimate of drug-likeness (QED) is 0.0524. The fourth-order valence-electron chi connectivity index (χ4n) is 8.92. The number of hydrogen-bond acceptors (Lipinski definition) is 6. The van der Waals surface area contributed by atoms with Gasteiger partial charge >= 0.3 is 12.4 Å². The standard InChI is InChI=1S/C26H27F3N2O2.C26H27F3N2O.C2H6/c27-26(28,29)23-14-19(13-21(15-23)20-5-4-8-24(16-20)31-32)17-33-18-25(9-11-30-12-10-25)22-6-2-1-3-7-22;1-19-7-10-31-16-24(19)21-13-20(14-23(15-21)26(27,28)29)17-32-18-25(8-11-30-12-9-25)22-5-3-2-4-6-22;1-2/h1-8,13-16,30-32H,9-12,17-18H2;2-7,10,13-16,30H,8-9,11-12,17-18H2,1H3;1-2H3/p+1. The van der Waals surface area contributed by atoms with Crippen LogP contribution in [-0.4, -0.2) is 49.6 Å². The van der Waals surface area contributed by atoms with Gasteiger partial charge in [-0.2, -0.15) is 31.8 Å². The molecular weight excluding hydrogens is 867 g/mol. The van der Waals surface area contributed by atoms with E-state index in [-0.39, 0.29) is 24.0 Å². The molecule has 2 aliphatic rings. The Bertz CT molecular complexity index is 2450. The average molecular weight is 928 g/mol. The largest absolute Gasteiger partial charge is 0.416 e. The number of pyridine rings is 1. The summed E-state index contributed by atoms with van der Waals surface area (Å²) in [5.41, 5.74) is 6.31. The van der Waals surface area contributed by atoms with Gasteiger partial charge in [0.2, 0.25) is 0 Å². The monoisotopic (exact) mass is 927 g/mol. The van der Waals surface area contributed by atoms with E-state index in [0.29, 0.717) is 52.3 Å². The van der Waals surface area contributed by atoms with Gasteiger partial charge in [-0.05, 0) is 146 Å². The molecular formula is C54H61F6N4O3+. The Kier molecular flexibility index (Phi) is 17.9. The van der Waals surface area contributed by atoms with E-state index in [1.165, 1.54) is 23.3 Å². The van der Waals surface area contributed by atoms with Crippen LogP contribution < -0.4 is 16.1 Å². The van der Waals surface area contributed by atoms with E-state index in [4.69, 9.17) is 9.47 Å². The van der Waals surface area contributed by atoms with Crippen LogP contribution in [0.1, 0.15) is 78.5 Å². The van der Waals surface area contributed by atoms with Crippen molar-refractivity contribution in [3.63, 3.8) is 0 Å². The van der Waals surface area contributed by atoms with Crippen LogP contribution in [0.25, 0.3) is 22.3 Å². The molecule has 67 heavy (non-hydrogen) atoms. The second kappa shape index (κ2) is 23.5. The summed E-state index contributed by atoms with van der Waals surface area (Å²) in [6, 6.07) is 37.2. The number of rotatable bonds is 13. The van der Waals surface area contributed by atoms with Crippen molar-refractivity contribution in [1.29, 1.82) is 0 Å². The fourth-order valence-corrected chi connectivity index (χ4v) is 8.92. The molecule has 2 fully saturated rings. The maximum Gasteiger partial charge on any atom is 0.416 e. The van der Waals surface area contributed by atoms with Gasteiger partial charge in [0.15, 0.2) is 5.69 Å². The molecule has 6 aromatic rings. The summed E-state index contributed by atoms with van der Waals surface area (Å²) in [4.78, 5) is 4.09. The van der Waals surface area contributed by atoms with Crippen LogP contribution in [-0.2, 0) is 45.9 Å². The van der Waals surface area contributed by atoms with E-state index in [1.54, 1.807) is 54.9 Å². The van der Waals surface area contributed by atoms with Crippen LogP contribution in [0, 0.1) is 6.92 Å². The lowest BCUT2D eigenvalue weighted by Crippen LogP contribution is -2.73. The number of halogens is 6. The van der Waals surface area contributed by atoms with Gasteiger partial charge in [0.25, 0.3) is 0 Å². The molecule has 0 amide bonds. The molecule has 0 bridgehead atoms. The molecule has 0 radical (unpaired) electrons. The molecule has 356 valence electrons. The Labute approximate surface area is 389 Å². The van der Waals surface area contributed by atoms with Crippen molar-refractivity contribution in [3.05, 3.63) is 179 Å². The van der Waals surface area contributed by atoms with E-state index in [0.717, 1.165) is 75.0 Å². The molecule has 0 spiro atoms. The van der Waals surface area contributed by atoms with Gasteiger partial charge in [-0.3, -0.25) is 4.98 Å². The van der Waals surface area contributed by atoms with Crippen LogP contribution in [0.5, 0.6) is 0 Å². The zero-order chi connectivity index (χ0) is 47.9. The van der Waals surface area contributed by atoms with Gasteiger partial charge in [-0.25, -0.2) is 5.21 Å². The highest BCUT2D eigenvalue weighted by atomic mass is 19.4. The third-order valence-electron chi connectivity index (χ3n) is 12.5. The minimum atomic E-state index is -4.47. The summed E-state index contributed by atoms with van der Waals surface area (Å²) >= 11 is 0. The average Bonchev–Trinajstić information content (AvgIpc) is 3.35. The Morgan fingerprint density at radius 1 is 0.582 bits per heavy atom. The molecule has 0 saturated carbocycles. The van der Waals surface area contributed by atoms with Crippen molar-refractivity contribution in [1.82, 2.24) is 15.6 Å². The van der Waals surface area contributed by atoms with Gasteiger partial charge in [-0.1, -0.05) is 86.6 Å². The van der Waals surface area contributed by atoms with Gasteiger partial charge in [-0.15, -0.1) is 0 Å². The molecule has 7 nitrogen and oxygen atoms in total. The lowest BCUT2D eigenvalue weighted by atomic mass is 9.74. The van der Waals surface area contributed by atoms with Crippen LogP contribution in [0.2, 0.25) is 0 Å². The van der Waals surface area contributed by atoms with E-state index in [9.17, 15) is 31.5 Å². The number of nitrogens with two attached hydrogens (primary N) is 1. The van der Waals surface area contributed by atoms with Crippen molar-refractivity contribution in [3.8, 4) is 22.3 Å². The Balaban J connectivity index is 0.000000213. The lowest BCUT2D eigenvalue weighted by Gasteiger charge is -2.38. The number of hydrogen-bond donors (Lipinski definition) is 4. The molecule has 5 aromatic carbocycles. The molecule has 0 unspecified atom stereocenters. The van der Waals surface area contributed by atoms with Gasteiger partial charge < -0.3 is 20.1 Å². The van der Waals surface area contributed by atoms with Crippen molar-refractivity contribution in [2.24, 2.45) is 0 Å². The lowest BCUT2D eigenvalue weighted by molar-refractivity contribution is -0.825. The summed E-state index contributed by atoms with van der Waals surface area (Å²) in [6.07, 6.45) is -1.97. The highest BCUT2D eigenvalue weighted by Crippen LogP contribution is 2.38. The third-order valence-corrected chi connectivity index (χ3v) is 12.5. The van der Waals surface area contributed by atoms with Crippen molar-refractivity contribution in [2.45, 2.75) is 82.9 Å². The molecule has 2 aliphatic heterocycles. The van der Waals surface area contributed by atoms with E-state index >= 15 is 0 Å². The molecule has 5 N–H and O–H groups in total. The number of alkyl halides is 6. The van der Waals surface area contributed by atoms with Crippen LogP contribution in [0.3, 0.4) is 0 Å². The number of benzene rings is 5. The molecule has 8 rings (SSSR count). The predicted molar refractivity (Wildman–Crippen MR) is 251 cm³/mol. The number of aryl methyl sites for hydroxylation is 1. The SMILES string of the molecule is CC.Cc1ccncc1-c1cc(COCC2(c3ccccc3)CCNCC2)cc(C(F)(F)F)c1.O[NH2+]c1cccc(-c2cc(COCC3(c4ccccc4)CCNCC3)cc(C(F)(F)F)c2)c1. The molecule has 0 aliphatic carbocycles. The topological polar surface area (TPSA) is 92.2 Å². The van der Waals surface area contributed by atoms with Crippen molar-refractivity contribution < 1.29 is 46.5 Å². The molecule has 3 heterocycles. The number of nitrogens with zero attached hydrogens (tertiary/aromatic N) is 1. The first-order valence-electron chi connectivity index (χ1n) is 22.9. The normalized spacial score (nSPS) is 15.7. The van der Waals surface area contributed by atoms with Gasteiger partial charge in [0.05, 0.1) is 37.6 Å². The summed E-state index contributed by atoms with van der Waals surface area (Å²) in [5, 5.41) is 16.0. The number of ether oxygens (including phenoxy) is 2. The maximum absolute atomic E-state index is 13.6. The first-order chi connectivity index (χ1) is 32.3. The number of aromatic nitrogens is 1. The van der Waals surface area contributed by atoms with Gasteiger partial charge in [0, 0.05) is 40.9 Å². The van der Waals surface area contributed by atoms with Crippen LogP contribution in [0.4, 0.5) is 32.0 Å². The first kappa shape index (κ1) is 51.0. The van der Waals surface area contributed by atoms with E-state index in [2.05, 4.69) is 39.9 Å². The highest BCUT2D eigenvalue weighted by molar-refractivity contribution is 5.69. The maximum atomic E-state index is 13.6. The molecule has 1 aromatic heterocycles. The minimum absolute atomic E-state index is 0.0880. The fraction of sp³-hybridized carbons (Fsp3) is 0.352. The summed E-state index contributed by atoms with van der Waals surface area (Å²) in [5.74, 6) is 0. The summed E-state index contributed by atoms with van der Waals surface area (Å²) < 4.78 is 93.8. The Morgan fingerprint density at radius 3 is 1.52 bits per heavy atom. The van der Waals surface area contributed by atoms with Gasteiger partial charge in [0.1, 0.15) is 0 Å². The molecule has 13 heteroatoms. The van der Waals surface area contributed by atoms with Crippen molar-refractivity contribution >= 4 is 5.69 Å². The van der Waals surface area contributed by atoms with Crippen LogP contribution in [0.15, 0.2) is 140 Å². The predicted octanol–water partition coefficient (Wildman–Crippen LogP) is 11.7. The Hall–Kier alpha value is -5.41. The van der Waals surface area contributed by atoms with Crippen LogP contribution >= 0.6 is 0 Å². The molecule has 2 saturated heterocycles. The third kappa shape index (κ3) is 13.6. The number of nitrogens with one attached hydrogen (secondary N) is 2. The number of quaternary nitrogens is 1. The molecule has 0 atom stereocenters. The van der Waals surface area contributed by atoms with Crippen molar-refractivity contribution in [2.75, 3.05) is 39.4 Å². The smallest absolute Gasteiger partial charge is 0.376 e. The first-order valence-corrected chi connectivity index (χ1v) is 22.9. The summed E-state index contributed by atoms with van der Waals surface area (Å²) in [7, 11) is 0. The van der Waals surface area contributed by atoms with E-state index < -0.39 is 23.5 Å². The zero-order valence-corrected chi connectivity index (χ0v) is 38.3. The van der Waals surface area contributed by atoms with E-state index in [1.807, 2.05) is 57.2 Å². The number of piperidine rings is 2. The second-order valence-electron chi connectivity index (χ2n) is 17.1. The highest BCUT2D eigenvalue weighted by Gasteiger charge is 2.36. The second-order valence-corrected chi connectivity index (χ2v) is 17.1. The zero-order valence-electron chi connectivity index (χ0n) is 38.3. The minimum Gasteiger partial charge on any atom is -0.376 e. The Morgan fingerprint density at radius 2 is 1.06 bits per heavy atom.